The van der Waals surface area contributed by atoms with E-state index in [1.165, 1.54) is 63.9 Å². The summed E-state index contributed by atoms with van der Waals surface area (Å²) in [6, 6.07) is 0. The van der Waals surface area contributed by atoms with E-state index in [1.807, 2.05) is 0 Å². The molecule has 0 heterocycles. The Morgan fingerprint density at radius 2 is 1.72 bits per heavy atom. The Labute approximate surface area is 112 Å². The Hall–Kier alpha value is -0.790. The molecule has 0 atom stereocenters. The van der Waals surface area contributed by atoms with Crippen molar-refractivity contribution in [2.75, 3.05) is 0 Å². The summed E-state index contributed by atoms with van der Waals surface area (Å²) in [5.74, 6) is 0.828. The highest BCUT2D eigenvalue weighted by atomic mass is 16.5. The van der Waals surface area contributed by atoms with Crippen LogP contribution in [0.3, 0.4) is 0 Å². The summed E-state index contributed by atoms with van der Waals surface area (Å²) in [6.45, 7) is 3.75. The minimum atomic E-state index is -0.160. The van der Waals surface area contributed by atoms with Gasteiger partial charge < -0.3 is 4.74 Å². The molecule has 0 saturated heterocycles. The molecule has 0 unspecified atom stereocenters. The minimum absolute atomic E-state index is 0.160. The largest absolute Gasteiger partial charge is 0.431 e. The fourth-order valence-corrected chi connectivity index (χ4v) is 2.62. The molecule has 1 aliphatic carbocycles. The second kappa shape index (κ2) is 9.18. The van der Waals surface area contributed by atoms with Gasteiger partial charge in [-0.15, -0.1) is 0 Å². The van der Waals surface area contributed by atoms with Crippen molar-refractivity contribution >= 4 is 5.97 Å². The number of hydrogen-bond donors (Lipinski definition) is 0. The van der Waals surface area contributed by atoms with Gasteiger partial charge in [0.15, 0.2) is 0 Å². The topological polar surface area (TPSA) is 26.3 Å². The molecule has 0 amide bonds. The van der Waals surface area contributed by atoms with Gasteiger partial charge >= 0.3 is 5.97 Å². The van der Waals surface area contributed by atoms with E-state index < -0.39 is 0 Å². The maximum absolute atomic E-state index is 11.0. The van der Waals surface area contributed by atoms with Crippen molar-refractivity contribution in [3.8, 4) is 0 Å². The van der Waals surface area contributed by atoms with Gasteiger partial charge in [0.25, 0.3) is 0 Å². The molecular weight excluding hydrogens is 224 g/mol. The van der Waals surface area contributed by atoms with E-state index in [4.69, 9.17) is 4.74 Å². The summed E-state index contributed by atoms with van der Waals surface area (Å²) in [5, 5.41) is 0. The SMILES string of the molecule is CCCCCCCCC1=C(OC(C)=O)CCCC1. The highest BCUT2D eigenvalue weighted by molar-refractivity contribution is 5.67. The highest BCUT2D eigenvalue weighted by Gasteiger charge is 2.15. The van der Waals surface area contributed by atoms with Crippen LogP contribution in [0.25, 0.3) is 0 Å². The molecule has 0 saturated carbocycles. The van der Waals surface area contributed by atoms with E-state index >= 15 is 0 Å². The normalized spacial score (nSPS) is 15.9. The molecule has 104 valence electrons. The van der Waals surface area contributed by atoms with E-state index in [1.54, 1.807) is 0 Å². The third kappa shape index (κ3) is 6.23. The van der Waals surface area contributed by atoms with Gasteiger partial charge in [-0.2, -0.15) is 0 Å². The molecular formula is C16H28O2. The number of carbonyl (C=O) groups excluding carboxylic acids is 1. The molecule has 0 fully saturated rings. The van der Waals surface area contributed by atoms with Crippen LogP contribution in [-0.2, 0) is 9.53 Å². The van der Waals surface area contributed by atoms with Crippen molar-refractivity contribution in [1.82, 2.24) is 0 Å². The van der Waals surface area contributed by atoms with Crippen molar-refractivity contribution in [2.24, 2.45) is 0 Å². The summed E-state index contributed by atoms with van der Waals surface area (Å²) in [6.07, 6.45) is 13.6. The molecule has 2 nitrogen and oxygen atoms in total. The first-order valence-corrected chi connectivity index (χ1v) is 7.63. The summed E-state index contributed by atoms with van der Waals surface area (Å²) < 4.78 is 5.34. The lowest BCUT2D eigenvalue weighted by molar-refractivity contribution is -0.137. The maximum Gasteiger partial charge on any atom is 0.307 e. The number of carbonyl (C=O) groups is 1. The van der Waals surface area contributed by atoms with E-state index in [0.29, 0.717) is 0 Å². The van der Waals surface area contributed by atoms with Crippen molar-refractivity contribution in [2.45, 2.75) is 84.5 Å². The van der Waals surface area contributed by atoms with Crippen molar-refractivity contribution in [1.29, 1.82) is 0 Å². The van der Waals surface area contributed by atoms with Crippen molar-refractivity contribution in [3.63, 3.8) is 0 Å². The van der Waals surface area contributed by atoms with E-state index in [-0.39, 0.29) is 5.97 Å². The monoisotopic (exact) mass is 252 g/mol. The van der Waals surface area contributed by atoms with Crippen LogP contribution >= 0.6 is 0 Å². The molecule has 0 aromatic carbocycles. The predicted octanol–water partition coefficient (Wildman–Crippen LogP) is 5.13. The average Bonchev–Trinajstić information content (AvgIpc) is 2.35. The molecule has 0 aromatic rings. The van der Waals surface area contributed by atoms with Crippen LogP contribution in [0.15, 0.2) is 11.3 Å². The standard InChI is InChI=1S/C16H28O2/c1-3-4-5-6-7-8-11-15-12-9-10-13-16(15)18-14(2)17/h3-13H2,1-2H3. The van der Waals surface area contributed by atoms with Crippen LogP contribution in [0.2, 0.25) is 0 Å². The first-order valence-electron chi connectivity index (χ1n) is 7.63. The molecule has 1 rings (SSSR count). The van der Waals surface area contributed by atoms with Gasteiger partial charge in [-0.3, -0.25) is 4.79 Å². The molecule has 2 heteroatoms. The van der Waals surface area contributed by atoms with Crippen LogP contribution < -0.4 is 0 Å². The Balaban J connectivity index is 2.27. The predicted molar refractivity (Wildman–Crippen MR) is 75.3 cm³/mol. The molecule has 1 aliphatic rings. The molecule has 0 N–H and O–H groups in total. The van der Waals surface area contributed by atoms with Crippen LogP contribution in [-0.4, -0.2) is 5.97 Å². The fourth-order valence-electron chi connectivity index (χ4n) is 2.62. The van der Waals surface area contributed by atoms with Gasteiger partial charge in [0, 0.05) is 13.3 Å². The first kappa shape index (κ1) is 15.3. The summed E-state index contributed by atoms with van der Waals surface area (Å²) in [4.78, 5) is 11.0. The lowest BCUT2D eigenvalue weighted by Crippen LogP contribution is -2.07. The van der Waals surface area contributed by atoms with Crippen LogP contribution in [0.5, 0.6) is 0 Å². The number of unbranched alkanes of at least 4 members (excludes halogenated alkanes) is 5. The Kier molecular flexibility index (Phi) is 7.79. The summed E-state index contributed by atoms with van der Waals surface area (Å²) >= 11 is 0. The number of hydrogen-bond acceptors (Lipinski definition) is 2. The molecule has 0 spiro atoms. The first-order chi connectivity index (χ1) is 8.74. The van der Waals surface area contributed by atoms with Crippen LogP contribution in [0.4, 0.5) is 0 Å². The molecule has 18 heavy (non-hydrogen) atoms. The van der Waals surface area contributed by atoms with E-state index in [9.17, 15) is 4.79 Å². The van der Waals surface area contributed by atoms with Crippen LogP contribution in [0, 0.1) is 0 Å². The molecule has 0 aromatic heterocycles. The van der Waals surface area contributed by atoms with Gasteiger partial charge in [0.2, 0.25) is 0 Å². The zero-order valence-electron chi connectivity index (χ0n) is 12.1. The second-order valence-corrected chi connectivity index (χ2v) is 5.35. The van der Waals surface area contributed by atoms with Gasteiger partial charge in [-0.05, 0) is 37.7 Å². The Morgan fingerprint density at radius 1 is 1.06 bits per heavy atom. The summed E-state index contributed by atoms with van der Waals surface area (Å²) in [7, 11) is 0. The van der Waals surface area contributed by atoms with Gasteiger partial charge in [0.1, 0.15) is 5.76 Å². The van der Waals surface area contributed by atoms with Gasteiger partial charge in [-0.25, -0.2) is 0 Å². The fraction of sp³-hybridized carbons (Fsp3) is 0.812. The van der Waals surface area contributed by atoms with Crippen LogP contribution in [0.1, 0.15) is 84.5 Å². The number of esters is 1. The highest BCUT2D eigenvalue weighted by Crippen LogP contribution is 2.29. The summed E-state index contributed by atoms with van der Waals surface area (Å²) in [5.41, 5.74) is 1.41. The Bertz CT molecular complexity index is 279. The van der Waals surface area contributed by atoms with E-state index in [0.717, 1.165) is 25.0 Å². The smallest absolute Gasteiger partial charge is 0.307 e. The van der Waals surface area contributed by atoms with Crippen molar-refractivity contribution < 1.29 is 9.53 Å². The van der Waals surface area contributed by atoms with Gasteiger partial charge in [0.05, 0.1) is 0 Å². The molecule has 0 aliphatic heterocycles. The number of ether oxygens (including phenoxy) is 1. The zero-order valence-corrected chi connectivity index (χ0v) is 12.1. The minimum Gasteiger partial charge on any atom is -0.431 e. The van der Waals surface area contributed by atoms with Gasteiger partial charge in [-0.1, -0.05) is 39.0 Å². The lowest BCUT2D eigenvalue weighted by atomic mass is 9.93. The third-order valence-electron chi connectivity index (χ3n) is 3.63. The Morgan fingerprint density at radius 3 is 2.44 bits per heavy atom. The zero-order chi connectivity index (χ0) is 13.2. The number of allylic oxidation sites excluding steroid dienone is 2. The molecule has 0 radical (unpaired) electrons. The third-order valence-corrected chi connectivity index (χ3v) is 3.63. The quantitative estimate of drug-likeness (QED) is 0.442. The van der Waals surface area contributed by atoms with E-state index in [2.05, 4.69) is 6.92 Å². The molecule has 0 bridgehead atoms. The van der Waals surface area contributed by atoms with Crippen molar-refractivity contribution in [3.05, 3.63) is 11.3 Å². The second-order valence-electron chi connectivity index (χ2n) is 5.35. The lowest BCUT2D eigenvalue weighted by Gasteiger charge is -2.19. The maximum atomic E-state index is 11.0. The average molecular weight is 252 g/mol. The number of rotatable bonds is 8.